The summed E-state index contributed by atoms with van der Waals surface area (Å²) in [7, 11) is -1.64. The summed E-state index contributed by atoms with van der Waals surface area (Å²) in [5.41, 5.74) is 0.753. The second-order valence-electron chi connectivity index (χ2n) is 4.59. The Morgan fingerprint density at radius 1 is 1.52 bits per heavy atom. The van der Waals surface area contributed by atoms with Crippen LogP contribution in [0.5, 0.6) is 0 Å². The first-order chi connectivity index (χ1) is 10.1. The Morgan fingerprint density at radius 3 is 3.00 bits per heavy atom. The van der Waals surface area contributed by atoms with Gasteiger partial charge in [0.25, 0.3) is 0 Å². The molecule has 1 aromatic heterocycles. The maximum absolute atomic E-state index is 14.1. The van der Waals surface area contributed by atoms with Gasteiger partial charge in [0.15, 0.2) is 12.0 Å². The van der Waals surface area contributed by atoms with Crippen molar-refractivity contribution in [3.63, 3.8) is 0 Å². The highest BCUT2D eigenvalue weighted by Gasteiger charge is 2.36. The predicted octanol–water partition coefficient (Wildman–Crippen LogP) is 2.57. The number of benzene rings is 1. The summed E-state index contributed by atoms with van der Waals surface area (Å²) in [6, 6.07) is 8.57. The van der Waals surface area contributed by atoms with Gasteiger partial charge < -0.3 is 0 Å². The van der Waals surface area contributed by atoms with E-state index in [4.69, 9.17) is 16.9 Å². The Labute approximate surface area is 127 Å². The lowest BCUT2D eigenvalue weighted by molar-refractivity contribution is 0.327. The van der Waals surface area contributed by atoms with E-state index in [0.717, 1.165) is 5.56 Å². The smallest absolute Gasteiger partial charge is 0.240 e. The van der Waals surface area contributed by atoms with Crippen molar-refractivity contribution in [3.8, 4) is 6.07 Å². The van der Waals surface area contributed by atoms with Crippen LogP contribution in [0, 0.1) is 11.3 Å². The Hall–Kier alpha value is -1.78. The minimum absolute atomic E-state index is 0.00838. The number of hydrogen-bond acceptors (Lipinski definition) is 4. The fourth-order valence-corrected chi connectivity index (χ4v) is 3.27. The molecule has 0 spiro atoms. The number of fused-ring (bicyclic) bond motifs is 1. The van der Waals surface area contributed by atoms with Crippen LogP contribution in [0.1, 0.15) is 30.0 Å². The Kier molecular flexibility index (Phi) is 3.74. The van der Waals surface area contributed by atoms with E-state index < -0.39 is 17.0 Å². The summed E-state index contributed by atoms with van der Waals surface area (Å²) in [6.07, 6.45) is -1.09. The first-order valence-corrected chi connectivity index (χ1v) is 7.91. The average molecular weight is 325 g/mol. The van der Waals surface area contributed by atoms with Crippen LogP contribution < -0.4 is 0 Å². The average Bonchev–Trinajstić information content (AvgIpc) is 3.01. The van der Waals surface area contributed by atoms with E-state index in [1.54, 1.807) is 18.2 Å². The third kappa shape index (κ3) is 2.45. The van der Waals surface area contributed by atoms with Gasteiger partial charge in [-0.1, -0.05) is 29.8 Å². The minimum atomic E-state index is -1.64. The van der Waals surface area contributed by atoms with Crippen molar-refractivity contribution in [1.29, 1.82) is 5.26 Å². The fourth-order valence-electron chi connectivity index (χ4n) is 2.38. The van der Waals surface area contributed by atoms with Crippen LogP contribution in [0.25, 0.3) is 0 Å². The molecule has 0 radical (unpaired) electrons. The van der Waals surface area contributed by atoms with Crippen LogP contribution >= 0.6 is 11.6 Å². The molecule has 5 nitrogen and oxygen atoms in total. The molecule has 108 valence electrons. The molecule has 0 aliphatic carbocycles. The Bertz CT molecular complexity index is 757. The minimum Gasteiger partial charge on any atom is -0.250 e. The number of alkyl halides is 1. The first kappa shape index (κ1) is 14.2. The predicted molar refractivity (Wildman–Crippen MR) is 75.0 cm³/mol. The van der Waals surface area contributed by atoms with E-state index in [1.807, 2.05) is 12.1 Å². The zero-order chi connectivity index (χ0) is 15.0. The van der Waals surface area contributed by atoms with Crippen LogP contribution in [0.2, 0.25) is 5.02 Å². The lowest BCUT2D eigenvalue weighted by Crippen LogP contribution is -2.09. The van der Waals surface area contributed by atoms with Crippen LogP contribution in [0.15, 0.2) is 29.4 Å². The van der Waals surface area contributed by atoms with E-state index in [-0.39, 0.29) is 29.2 Å². The van der Waals surface area contributed by atoms with Gasteiger partial charge in [-0.2, -0.15) is 5.26 Å². The highest BCUT2D eigenvalue weighted by molar-refractivity contribution is 7.85. The molecular weight excluding hydrogens is 315 g/mol. The van der Waals surface area contributed by atoms with Crippen LogP contribution in [-0.2, 0) is 10.8 Å². The molecule has 0 N–H and O–H groups in total. The van der Waals surface area contributed by atoms with Crippen molar-refractivity contribution in [2.24, 2.45) is 0 Å². The SMILES string of the molecule is N#CCS(=O)c1nc2n(n1)[C@@H](c1ccccc1Cl)C[C@H]2F. The second-order valence-corrected chi connectivity index (χ2v) is 6.34. The molecule has 21 heavy (non-hydrogen) atoms. The number of aromatic nitrogens is 3. The van der Waals surface area contributed by atoms with Crippen LogP contribution in [0.3, 0.4) is 0 Å². The van der Waals surface area contributed by atoms with Crippen molar-refractivity contribution in [1.82, 2.24) is 14.8 Å². The van der Waals surface area contributed by atoms with Gasteiger partial charge in [0, 0.05) is 11.4 Å². The Morgan fingerprint density at radius 2 is 2.29 bits per heavy atom. The van der Waals surface area contributed by atoms with Crippen molar-refractivity contribution in [2.45, 2.75) is 23.8 Å². The first-order valence-electron chi connectivity index (χ1n) is 6.22. The molecule has 1 aliphatic rings. The number of nitriles is 1. The maximum atomic E-state index is 14.1. The Balaban J connectivity index is 2.02. The molecule has 0 amide bonds. The number of hydrogen-bond donors (Lipinski definition) is 0. The standard InChI is InChI=1S/C13H10ClFN4OS/c14-9-4-2-1-3-8(9)11-7-10(15)12-17-13(18-19(11)12)21(20)6-5-16/h1-4,10-11H,6-7H2/t10-,11-,21?/m1/s1. The van der Waals surface area contributed by atoms with Gasteiger partial charge in [-0.15, -0.1) is 5.10 Å². The van der Waals surface area contributed by atoms with Gasteiger partial charge in [-0.25, -0.2) is 18.3 Å². The van der Waals surface area contributed by atoms with Gasteiger partial charge in [-0.3, -0.25) is 0 Å². The maximum Gasteiger partial charge on any atom is 0.240 e. The number of rotatable bonds is 3. The molecule has 2 heterocycles. The molecule has 0 bridgehead atoms. The lowest BCUT2D eigenvalue weighted by atomic mass is 10.0. The van der Waals surface area contributed by atoms with Gasteiger partial charge in [0.1, 0.15) is 16.6 Å². The molecule has 1 unspecified atom stereocenters. The third-order valence-corrected chi connectivity index (χ3v) is 4.62. The zero-order valence-electron chi connectivity index (χ0n) is 10.7. The normalized spacial score (nSPS) is 21.8. The van der Waals surface area contributed by atoms with Crippen molar-refractivity contribution >= 4 is 22.4 Å². The molecule has 1 aromatic carbocycles. The molecule has 2 aromatic rings. The van der Waals surface area contributed by atoms with Crippen LogP contribution in [-0.4, -0.2) is 24.7 Å². The monoisotopic (exact) mass is 324 g/mol. The van der Waals surface area contributed by atoms with Gasteiger partial charge in [-0.05, 0) is 11.6 Å². The molecule has 0 saturated carbocycles. The van der Waals surface area contributed by atoms with Crippen molar-refractivity contribution in [2.75, 3.05) is 5.75 Å². The van der Waals surface area contributed by atoms with Gasteiger partial charge >= 0.3 is 0 Å². The molecule has 3 atom stereocenters. The molecule has 3 rings (SSSR count). The highest BCUT2D eigenvalue weighted by atomic mass is 35.5. The largest absolute Gasteiger partial charge is 0.250 e. The third-order valence-electron chi connectivity index (χ3n) is 3.31. The summed E-state index contributed by atoms with van der Waals surface area (Å²) in [5.74, 6) is -0.0711. The quantitative estimate of drug-likeness (QED) is 0.870. The van der Waals surface area contributed by atoms with Gasteiger partial charge in [0.05, 0.1) is 12.1 Å². The summed E-state index contributed by atoms with van der Waals surface area (Å²) in [6.45, 7) is 0. The van der Waals surface area contributed by atoms with E-state index >= 15 is 0 Å². The second kappa shape index (κ2) is 5.54. The summed E-state index contributed by atoms with van der Waals surface area (Å²) in [4.78, 5) is 3.98. The molecule has 0 fully saturated rings. The van der Waals surface area contributed by atoms with Crippen LogP contribution in [0.4, 0.5) is 4.39 Å². The number of nitrogens with zero attached hydrogens (tertiary/aromatic N) is 4. The van der Waals surface area contributed by atoms with E-state index in [1.165, 1.54) is 4.68 Å². The van der Waals surface area contributed by atoms with Crippen molar-refractivity contribution in [3.05, 3.63) is 40.7 Å². The zero-order valence-corrected chi connectivity index (χ0v) is 12.3. The molecular formula is C13H10ClFN4OS. The highest BCUT2D eigenvalue weighted by Crippen LogP contribution is 2.41. The van der Waals surface area contributed by atoms with Gasteiger partial charge in [0.2, 0.25) is 5.16 Å². The molecule has 0 saturated heterocycles. The number of halogens is 2. The fraction of sp³-hybridized carbons (Fsp3) is 0.308. The lowest BCUT2D eigenvalue weighted by Gasteiger charge is -2.13. The molecule has 1 aliphatic heterocycles. The summed E-state index contributed by atoms with van der Waals surface area (Å²) < 4.78 is 27.3. The van der Waals surface area contributed by atoms with E-state index in [0.29, 0.717) is 5.02 Å². The summed E-state index contributed by atoms with van der Waals surface area (Å²) in [5, 5.41) is 13.2. The van der Waals surface area contributed by atoms with Crippen molar-refractivity contribution < 1.29 is 8.60 Å². The summed E-state index contributed by atoms with van der Waals surface area (Å²) >= 11 is 6.15. The molecule has 8 heteroatoms. The van der Waals surface area contributed by atoms with E-state index in [2.05, 4.69) is 10.1 Å². The van der Waals surface area contributed by atoms with E-state index in [9.17, 15) is 8.60 Å². The topological polar surface area (TPSA) is 71.6 Å².